The number of nitrogen functional groups attached to an aromatic ring is 1. The van der Waals surface area contributed by atoms with E-state index in [0.717, 1.165) is 16.8 Å². The number of nitrogens with zero attached hydrogens (tertiary/aromatic N) is 6. The Morgan fingerprint density at radius 1 is 0.947 bits per heavy atom. The second kappa shape index (κ2) is 11.0. The zero-order chi connectivity index (χ0) is 26.6. The number of urea groups is 1. The summed E-state index contributed by atoms with van der Waals surface area (Å²) in [5.41, 5.74) is 9.89. The minimum Gasteiger partial charge on any atom is -0.493 e. The van der Waals surface area contributed by atoms with Crippen molar-refractivity contribution >= 4 is 40.6 Å². The number of halogens is 1. The van der Waals surface area contributed by atoms with Crippen LogP contribution in [-0.2, 0) is 6.54 Å². The van der Waals surface area contributed by atoms with Gasteiger partial charge in [0.1, 0.15) is 5.52 Å². The standard InChI is InChI=1S/C27H28ClN7O3/c1-37-22-11-8-19(16-23(22)38-2)20-9-10-21-24(30-20)25(32-26(29)31-21)33-12-14-34(15-13-33)27(36)35(28)17-18-6-4-3-5-7-18/h3-11,16H,12-15,17H2,1-2H3,(H2,29,31,32). The van der Waals surface area contributed by atoms with Gasteiger partial charge in [0, 0.05) is 43.5 Å². The number of rotatable bonds is 6. The van der Waals surface area contributed by atoms with Gasteiger partial charge >= 0.3 is 6.03 Å². The maximum Gasteiger partial charge on any atom is 0.335 e. The second-order valence-electron chi connectivity index (χ2n) is 8.80. The number of pyridine rings is 1. The number of ether oxygens (including phenoxy) is 2. The summed E-state index contributed by atoms with van der Waals surface area (Å²) in [5.74, 6) is 2.05. The number of nitrogens with two attached hydrogens (primary N) is 1. The summed E-state index contributed by atoms with van der Waals surface area (Å²) in [6, 6.07) is 18.8. The molecule has 1 aliphatic rings. The number of hydrogen-bond acceptors (Lipinski definition) is 8. The highest BCUT2D eigenvalue weighted by atomic mass is 35.5. The van der Waals surface area contributed by atoms with Crippen molar-refractivity contribution in [3.63, 3.8) is 0 Å². The largest absolute Gasteiger partial charge is 0.493 e. The van der Waals surface area contributed by atoms with Crippen LogP contribution in [0.2, 0.25) is 0 Å². The predicted molar refractivity (Wildman–Crippen MR) is 147 cm³/mol. The number of carbonyl (C=O) groups excluding carboxylic acids is 1. The number of anilines is 2. The van der Waals surface area contributed by atoms with Crippen molar-refractivity contribution in [3.8, 4) is 22.8 Å². The van der Waals surface area contributed by atoms with E-state index in [1.165, 1.54) is 4.42 Å². The van der Waals surface area contributed by atoms with Crippen molar-refractivity contribution in [2.75, 3.05) is 51.0 Å². The SMILES string of the molecule is COc1ccc(-c2ccc3nc(N)nc(N4CCN(C(=O)N(Cl)Cc5ccccc5)CC4)c3n2)cc1OC. The van der Waals surface area contributed by atoms with Gasteiger partial charge in [0.25, 0.3) is 0 Å². The van der Waals surface area contributed by atoms with Crippen molar-refractivity contribution in [2.24, 2.45) is 0 Å². The number of piperazine rings is 1. The third kappa shape index (κ3) is 5.21. The molecule has 1 fully saturated rings. The molecule has 0 unspecified atom stereocenters. The molecular weight excluding hydrogens is 506 g/mol. The summed E-state index contributed by atoms with van der Waals surface area (Å²) in [5, 5.41) is 0. The lowest BCUT2D eigenvalue weighted by Gasteiger charge is -2.36. The number of aromatic nitrogens is 3. The highest BCUT2D eigenvalue weighted by Gasteiger charge is 2.27. The molecule has 11 heteroatoms. The van der Waals surface area contributed by atoms with Crippen LogP contribution < -0.4 is 20.1 Å². The fraction of sp³-hybridized carbons (Fsp3) is 0.259. The molecule has 3 heterocycles. The van der Waals surface area contributed by atoms with Crippen molar-refractivity contribution in [2.45, 2.75) is 6.54 Å². The third-order valence-electron chi connectivity index (χ3n) is 6.44. The van der Waals surface area contributed by atoms with Crippen LogP contribution in [-0.4, -0.2) is 70.7 Å². The van der Waals surface area contributed by atoms with E-state index >= 15 is 0 Å². The minimum atomic E-state index is -0.226. The van der Waals surface area contributed by atoms with Crippen LogP contribution in [0.1, 0.15) is 5.56 Å². The van der Waals surface area contributed by atoms with Gasteiger partial charge in [0.15, 0.2) is 17.3 Å². The zero-order valence-corrected chi connectivity index (χ0v) is 21.9. The molecule has 5 rings (SSSR count). The van der Waals surface area contributed by atoms with Gasteiger partial charge in [-0.1, -0.05) is 30.3 Å². The van der Waals surface area contributed by atoms with E-state index < -0.39 is 0 Å². The lowest BCUT2D eigenvalue weighted by Crippen LogP contribution is -2.51. The van der Waals surface area contributed by atoms with Gasteiger partial charge in [0.05, 0.1) is 32.0 Å². The summed E-state index contributed by atoms with van der Waals surface area (Å²) in [6.45, 7) is 2.40. The van der Waals surface area contributed by atoms with Gasteiger partial charge in [-0.15, -0.1) is 0 Å². The number of benzene rings is 2. The van der Waals surface area contributed by atoms with Gasteiger partial charge in [0.2, 0.25) is 5.95 Å². The molecule has 196 valence electrons. The van der Waals surface area contributed by atoms with Crippen LogP contribution in [0.15, 0.2) is 60.7 Å². The van der Waals surface area contributed by atoms with Gasteiger partial charge in [-0.2, -0.15) is 4.98 Å². The molecule has 0 atom stereocenters. The van der Waals surface area contributed by atoms with Crippen molar-refractivity contribution in [3.05, 3.63) is 66.2 Å². The molecule has 2 aromatic heterocycles. The first kappa shape index (κ1) is 25.3. The average molecular weight is 534 g/mol. The number of methoxy groups -OCH3 is 2. The summed E-state index contributed by atoms with van der Waals surface area (Å²) < 4.78 is 12.0. The molecule has 1 aliphatic heterocycles. The number of fused-ring (bicyclic) bond motifs is 1. The molecule has 0 radical (unpaired) electrons. The second-order valence-corrected chi connectivity index (χ2v) is 9.21. The highest BCUT2D eigenvalue weighted by molar-refractivity contribution is 6.20. The molecule has 4 aromatic rings. The van der Waals surface area contributed by atoms with Gasteiger partial charge in [-0.05, 0) is 35.9 Å². The van der Waals surface area contributed by atoms with E-state index in [2.05, 4.69) is 14.9 Å². The smallest absolute Gasteiger partial charge is 0.335 e. The predicted octanol–water partition coefficient (Wildman–Crippen LogP) is 4.19. The normalized spacial score (nSPS) is 13.4. The molecule has 0 saturated carbocycles. The molecular formula is C27H28ClN7O3. The first-order chi connectivity index (χ1) is 18.5. The summed E-state index contributed by atoms with van der Waals surface area (Å²) >= 11 is 6.33. The van der Waals surface area contributed by atoms with Gasteiger partial charge < -0.3 is 25.0 Å². The van der Waals surface area contributed by atoms with Crippen LogP contribution in [0.25, 0.3) is 22.3 Å². The highest BCUT2D eigenvalue weighted by Crippen LogP contribution is 2.33. The maximum absolute atomic E-state index is 12.9. The van der Waals surface area contributed by atoms with E-state index in [1.807, 2.05) is 60.7 Å². The topological polar surface area (TPSA) is 110 Å². The average Bonchev–Trinajstić information content (AvgIpc) is 2.96. The lowest BCUT2D eigenvalue weighted by molar-refractivity contribution is 0.174. The molecule has 2 amide bonds. The quantitative estimate of drug-likeness (QED) is 0.367. The van der Waals surface area contributed by atoms with E-state index in [1.54, 1.807) is 19.1 Å². The Balaban J connectivity index is 1.36. The molecule has 1 saturated heterocycles. The van der Waals surface area contributed by atoms with Crippen LogP contribution in [0.3, 0.4) is 0 Å². The van der Waals surface area contributed by atoms with Crippen LogP contribution in [0.5, 0.6) is 11.5 Å². The summed E-state index contributed by atoms with van der Waals surface area (Å²) in [7, 11) is 3.20. The molecule has 0 spiro atoms. The van der Waals surface area contributed by atoms with Gasteiger partial charge in [-0.3, -0.25) is 0 Å². The Morgan fingerprint density at radius 3 is 2.39 bits per heavy atom. The molecule has 2 N–H and O–H groups in total. The fourth-order valence-electron chi connectivity index (χ4n) is 4.47. The monoisotopic (exact) mass is 533 g/mol. The van der Waals surface area contributed by atoms with Crippen LogP contribution in [0.4, 0.5) is 16.6 Å². The van der Waals surface area contributed by atoms with Crippen LogP contribution >= 0.6 is 11.8 Å². The fourth-order valence-corrected chi connectivity index (χ4v) is 4.71. The van der Waals surface area contributed by atoms with Crippen molar-refractivity contribution < 1.29 is 14.3 Å². The third-order valence-corrected chi connectivity index (χ3v) is 6.71. The number of amides is 2. The molecule has 0 bridgehead atoms. The molecule has 0 aliphatic carbocycles. The Hall–Kier alpha value is -4.31. The molecule has 2 aromatic carbocycles. The number of carbonyl (C=O) groups is 1. The Morgan fingerprint density at radius 2 is 1.68 bits per heavy atom. The van der Waals surface area contributed by atoms with E-state index in [-0.39, 0.29) is 12.0 Å². The number of hydrogen-bond donors (Lipinski definition) is 1. The maximum atomic E-state index is 12.9. The zero-order valence-electron chi connectivity index (χ0n) is 21.2. The first-order valence-electron chi connectivity index (χ1n) is 12.1. The van der Waals surface area contributed by atoms with Crippen molar-refractivity contribution in [1.29, 1.82) is 0 Å². The Labute approximate surface area is 225 Å². The van der Waals surface area contributed by atoms with E-state index in [9.17, 15) is 4.79 Å². The molecule has 10 nitrogen and oxygen atoms in total. The lowest BCUT2D eigenvalue weighted by atomic mass is 10.1. The Bertz CT molecular complexity index is 1450. The first-order valence-corrected chi connectivity index (χ1v) is 12.5. The summed E-state index contributed by atoms with van der Waals surface area (Å²) in [6.07, 6.45) is 0. The summed E-state index contributed by atoms with van der Waals surface area (Å²) in [4.78, 5) is 30.5. The van der Waals surface area contributed by atoms with E-state index in [4.69, 9.17) is 32.0 Å². The van der Waals surface area contributed by atoms with Gasteiger partial charge in [-0.25, -0.2) is 19.2 Å². The minimum absolute atomic E-state index is 0.168. The van der Waals surface area contributed by atoms with Crippen LogP contribution in [0, 0.1) is 0 Å². The molecule has 38 heavy (non-hydrogen) atoms. The van der Waals surface area contributed by atoms with E-state index in [0.29, 0.717) is 61.1 Å². The van der Waals surface area contributed by atoms with Crippen molar-refractivity contribution in [1.82, 2.24) is 24.3 Å². The Kier molecular flexibility index (Phi) is 7.32.